The maximum atomic E-state index is 9.57. The molecule has 0 fully saturated rings. The Hall–Kier alpha value is -1.32. The molecule has 0 radical (unpaired) electrons. The molecule has 2 aromatic rings. The van der Waals surface area contributed by atoms with Crippen molar-refractivity contribution in [1.82, 2.24) is 4.98 Å². The highest BCUT2D eigenvalue weighted by molar-refractivity contribution is 6.30. The molecule has 3 rings (SSSR count). The van der Waals surface area contributed by atoms with E-state index < -0.39 is 0 Å². The molecule has 88 valence electrons. The lowest BCUT2D eigenvalue weighted by Crippen LogP contribution is -2.17. The molecule has 1 heterocycles. The van der Waals surface area contributed by atoms with Crippen molar-refractivity contribution in [3.63, 3.8) is 0 Å². The second-order valence-corrected chi connectivity index (χ2v) is 4.73. The van der Waals surface area contributed by atoms with Crippen LogP contribution in [-0.4, -0.2) is 16.2 Å². The van der Waals surface area contributed by atoms with Crippen molar-refractivity contribution in [1.29, 1.82) is 0 Å². The van der Waals surface area contributed by atoms with Gasteiger partial charge in [0, 0.05) is 23.4 Å². The first-order chi connectivity index (χ1) is 8.22. The third kappa shape index (κ3) is 2.08. The number of hydrogen-bond acceptors (Lipinski definition) is 3. The lowest BCUT2D eigenvalue weighted by atomic mass is 9.99. The second-order valence-electron chi connectivity index (χ2n) is 4.29. The van der Waals surface area contributed by atoms with E-state index in [0.29, 0.717) is 17.3 Å². The van der Waals surface area contributed by atoms with Gasteiger partial charge in [-0.2, -0.15) is 0 Å². The number of rotatable bonds is 1. The Morgan fingerprint density at radius 2 is 2.06 bits per heavy atom. The van der Waals surface area contributed by atoms with E-state index in [1.54, 1.807) is 0 Å². The summed E-state index contributed by atoms with van der Waals surface area (Å²) in [4.78, 5) is 4.43. The van der Waals surface area contributed by atoms with Crippen LogP contribution in [0.3, 0.4) is 0 Å². The summed E-state index contributed by atoms with van der Waals surface area (Å²) in [6.45, 7) is 0. The normalized spacial score (nSPS) is 19.1. The molecular weight excluding hydrogens is 238 g/mol. The Kier molecular flexibility index (Phi) is 2.65. The van der Waals surface area contributed by atoms with E-state index in [1.165, 1.54) is 0 Å². The van der Waals surface area contributed by atoms with Crippen molar-refractivity contribution in [2.24, 2.45) is 0 Å². The summed E-state index contributed by atoms with van der Waals surface area (Å²) in [5.74, 6) is 1.51. The molecule has 1 N–H and O–H groups in total. The van der Waals surface area contributed by atoms with E-state index in [9.17, 15) is 5.11 Å². The maximum absolute atomic E-state index is 9.57. The van der Waals surface area contributed by atoms with Crippen molar-refractivity contribution in [2.45, 2.75) is 25.4 Å². The third-order valence-corrected chi connectivity index (χ3v) is 3.25. The molecular formula is C13H12ClNO2. The van der Waals surface area contributed by atoms with E-state index in [2.05, 4.69) is 4.98 Å². The summed E-state index contributed by atoms with van der Waals surface area (Å²) in [5.41, 5.74) is 1.80. The van der Waals surface area contributed by atoms with Gasteiger partial charge < -0.3 is 9.52 Å². The van der Waals surface area contributed by atoms with Crippen molar-refractivity contribution in [2.75, 3.05) is 0 Å². The lowest BCUT2D eigenvalue weighted by Gasteiger charge is -2.13. The van der Waals surface area contributed by atoms with Crippen molar-refractivity contribution < 1.29 is 9.52 Å². The zero-order valence-electron chi connectivity index (χ0n) is 9.19. The zero-order valence-corrected chi connectivity index (χ0v) is 9.94. The van der Waals surface area contributed by atoms with Gasteiger partial charge in [0.25, 0.3) is 0 Å². The predicted molar refractivity (Wildman–Crippen MR) is 65.0 cm³/mol. The minimum atomic E-state index is -0.286. The molecule has 1 unspecified atom stereocenters. The molecule has 0 saturated heterocycles. The molecule has 1 aromatic heterocycles. The average Bonchev–Trinajstić information content (AvgIpc) is 2.72. The Labute approximate surface area is 104 Å². The van der Waals surface area contributed by atoms with Crippen LogP contribution in [0.15, 0.2) is 28.7 Å². The number of halogens is 1. The van der Waals surface area contributed by atoms with E-state index in [4.69, 9.17) is 16.0 Å². The topological polar surface area (TPSA) is 46.3 Å². The Bertz CT molecular complexity index is 533. The molecule has 17 heavy (non-hydrogen) atoms. The predicted octanol–water partition coefficient (Wildman–Crippen LogP) is 2.84. The number of aromatic nitrogens is 1. The summed E-state index contributed by atoms with van der Waals surface area (Å²) in [6, 6.07) is 7.40. The standard InChI is InChI=1S/C13H12ClNO2/c14-9-3-1-8(2-4-9)13-15-11-7-10(16)5-6-12(11)17-13/h1-4,10,16H,5-7H2. The summed E-state index contributed by atoms with van der Waals surface area (Å²) in [6.07, 6.45) is 1.82. The van der Waals surface area contributed by atoms with Gasteiger partial charge in [-0.1, -0.05) is 11.6 Å². The molecule has 0 amide bonds. The van der Waals surface area contributed by atoms with Crippen LogP contribution in [0.2, 0.25) is 5.02 Å². The van der Waals surface area contributed by atoms with Gasteiger partial charge in [-0.05, 0) is 30.7 Å². The van der Waals surface area contributed by atoms with Gasteiger partial charge in [0.1, 0.15) is 5.76 Å². The monoisotopic (exact) mass is 249 g/mol. The molecule has 0 aliphatic heterocycles. The number of nitrogens with zero attached hydrogens (tertiary/aromatic N) is 1. The van der Waals surface area contributed by atoms with Crippen LogP contribution in [-0.2, 0) is 12.8 Å². The van der Waals surface area contributed by atoms with Gasteiger partial charge in [-0.25, -0.2) is 4.98 Å². The van der Waals surface area contributed by atoms with E-state index in [0.717, 1.165) is 29.9 Å². The zero-order chi connectivity index (χ0) is 11.8. The van der Waals surface area contributed by atoms with Crippen LogP contribution < -0.4 is 0 Å². The molecule has 1 aliphatic carbocycles. The number of aliphatic hydroxyl groups excluding tert-OH is 1. The number of aryl methyl sites for hydroxylation is 1. The molecule has 0 saturated carbocycles. The van der Waals surface area contributed by atoms with E-state index in [1.807, 2.05) is 24.3 Å². The molecule has 0 bridgehead atoms. The molecule has 0 spiro atoms. The number of aliphatic hydroxyl groups is 1. The molecule has 1 aromatic carbocycles. The fraction of sp³-hybridized carbons (Fsp3) is 0.308. The van der Waals surface area contributed by atoms with Crippen LogP contribution >= 0.6 is 11.6 Å². The van der Waals surface area contributed by atoms with Crippen LogP contribution in [0.25, 0.3) is 11.5 Å². The lowest BCUT2D eigenvalue weighted by molar-refractivity contribution is 0.153. The van der Waals surface area contributed by atoms with Gasteiger partial charge in [0.2, 0.25) is 5.89 Å². The van der Waals surface area contributed by atoms with Gasteiger partial charge >= 0.3 is 0 Å². The first kappa shape index (κ1) is 10.8. The number of fused-ring (bicyclic) bond motifs is 1. The summed E-state index contributed by atoms with van der Waals surface area (Å²) >= 11 is 5.84. The summed E-state index contributed by atoms with van der Waals surface area (Å²) in [5, 5.41) is 10.3. The van der Waals surface area contributed by atoms with Crippen LogP contribution in [0.4, 0.5) is 0 Å². The van der Waals surface area contributed by atoms with E-state index >= 15 is 0 Å². The number of benzene rings is 1. The highest BCUT2D eigenvalue weighted by Gasteiger charge is 2.22. The minimum absolute atomic E-state index is 0.286. The first-order valence-electron chi connectivity index (χ1n) is 5.65. The minimum Gasteiger partial charge on any atom is -0.441 e. The largest absolute Gasteiger partial charge is 0.441 e. The second kappa shape index (κ2) is 4.17. The van der Waals surface area contributed by atoms with Crippen molar-refractivity contribution in [3.8, 4) is 11.5 Å². The van der Waals surface area contributed by atoms with Gasteiger partial charge in [-0.3, -0.25) is 0 Å². The van der Waals surface area contributed by atoms with Crippen LogP contribution in [0.1, 0.15) is 17.9 Å². The van der Waals surface area contributed by atoms with E-state index in [-0.39, 0.29) is 6.10 Å². The Balaban J connectivity index is 1.97. The quantitative estimate of drug-likeness (QED) is 0.845. The van der Waals surface area contributed by atoms with Crippen LogP contribution in [0.5, 0.6) is 0 Å². The molecule has 1 aliphatic rings. The van der Waals surface area contributed by atoms with Gasteiger partial charge in [0.05, 0.1) is 11.8 Å². The van der Waals surface area contributed by atoms with Gasteiger partial charge in [0.15, 0.2) is 0 Å². The fourth-order valence-electron chi connectivity index (χ4n) is 2.08. The Morgan fingerprint density at radius 3 is 2.82 bits per heavy atom. The highest BCUT2D eigenvalue weighted by Crippen LogP contribution is 2.28. The van der Waals surface area contributed by atoms with Gasteiger partial charge in [-0.15, -0.1) is 0 Å². The number of hydrogen-bond donors (Lipinski definition) is 1. The first-order valence-corrected chi connectivity index (χ1v) is 6.03. The summed E-state index contributed by atoms with van der Waals surface area (Å²) < 4.78 is 5.72. The molecule has 1 atom stereocenters. The Morgan fingerprint density at radius 1 is 1.29 bits per heavy atom. The molecule has 4 heteroatoms. The fourth-order valence-corrected chi connectivity index (χ4v) is 2.20. The third-order valence-electron chi connectivity index (χ3n) is 3.00. The maximum Gasteiger partial charge on any atom is 0.226 e. The summed E-state index contributed by atoms with van der Waals surface area (Å²) in [7, 11) is 0. The number of oxazole rings is 1. The average molecular weight is 250 g/mol. The van der Waals surface area contributed by atoms with Crippen molar-refractivity contribution >= 4 is 11.6 Å². The smallest absolute Gasteiger partial charge is 0.226 e. The van der Waals surface area contributed by atoms with Crippen LogP contribution in [0, 0.1) is 0 Å². The highest BCUT2D eigenvalue weighted by atomic mass is 35.5. The SMILES string of the molecule is OC1CCc2oc(-c3ccc(Cl)cc3)nc2C1. The van der Waals surface area contributed by atoms with Crippen molar-refractivity contribution in [3.05, 3.63) is 40.7 Å². The molecule has 3 nitrogen and oxygen atoms in total.